The molecule has 0 amide bonds. The molecule has 2 N–H and O–H groups in total. The van der Waals surface area contributed by atoms with Crippen LogP contribution in [0.5, 0.6) is 11.5 Å². The minimum Gasteiger partial charge on any atom is -0.506 e. The molecule has 0 bridgehead atoms. The molecule has 0 aliphatic heterocycles. The van der Waals surface area contributed by atoms with Crippen LogP contribution in [0.2, 0.25) is 0 Å². The Morgan fingerprint density at radius 2 is 0.423 bits per heavy atom. The van der Waals surface area contributed by atoms with Crippen LogP contribution in [-0.2, 0) is 18.3 Å². The van der Waals surface area contributed by atoms with Crippen molar-refractivity contribution >= 4 is 114 Å². The number of phenolic OH excluding ortho intramolecular Hbond substituents is 2. The summed E-state index contributed by atoms with van der Waals surface area (Å²) < 4.78 is 66.0. The van der Waals surface area contributed by atoms with Gasteiger partial charge in [0.05, 0.1) is 10.6 Å². The molecular weight excluding hydrogens is 1040 g/mol. The first kappa shape index (κ1) is 50.5. The average Bonchev–Trinajstić information content (AvgIpc) is 3.56. The van der Waals surface area contributed by atoms with Crippen LogP contribution in [0.25, 0.3) is 32.7 Å². The molecule has 0 aromatic heterocycles. The van der Waals surface area contributed by atoms with Crippen LogP contribution in [0.3, 0.4) is 0 Å². The van der Waals surface area contributed by atoms with E-state index in [2.05, 4.69) is 0 Å². The highest BCUT2D eigenvalue weighted by Crippen LogP contribution is 2.55. The molecular formula is C68H50O6P4. The summed E-state index contributed by atoms with van der Waals surface area (Å²) in [5, 5.41) is 34.5. The molecule has 0 spiro atoms. The number of fused-ring (bicyclic) bond motifs is 2. The fraction of sp³-hybridized carbons (Fsp3) is 0. The lowest BCUT2D eigenvalue weighted by molar-refractivity contribution is 0.474. The first-order valence-corrected chi connectivity index (χ1v) is 32.4. The zero-order valence-electron chi connectivity index (χ0n) is 42.0. The molecule has 0 fully saturated rings. The van der Waals surface area contributed by atoms with Gasteiger partial charge in [-0.05, 0) is 45.8 Å². The third kappa shape index (κ3) is 8.36. The van der Waals surface area contributed by atoms with Crippen LogP contribution in [0.4, 0.5) is 0 Å². The minimum atomic E-state index is -4.04. The van der Waals surface area contributed by atoms with Crippen molar-refractivity contribution in [3.8, 4) is 22.6 Å². The molecule has 0 unspecified atom stereocenters. The second-order valence-electron chi connectivity index (χ2n) is 19.2. The predicted octanol–water partition coefficient (Wildman–Crippen LogP) is 11.6. The summed E-state index contributed by atoms with van der Waals surface area (Å²) in [7, 11) is -15.3. The second-order valence-corrected chi connectivity index (χ2v) is 30.2. The quantitative estimate of drug-likeness (QED) is 0.111. The Balaban J connectivity index is 1.25. The van der Waals surface area contributed by atoms with Gasteiger partial charge >= 0.3 is 0 Å². The van der Waals surface area contributed by atoms with Gasteiger partial charge in [0.15, 0.2) is 28.6 Å². The van der Waals surface area contributed by atoms with Crippen LogP contribution in [0.1, 0.15) is 0 Å². The van der Waals surface area contributed by atoms with E-state index in [0.29, 0.717) is 74.6 Å². The van der Waals surface area contributed by atoms with E-state index < -0.39 is 28.6 Å². The van der Waals surface area contributed by atoms with Crippen molar-refractivity contribution in [3.05, 3.63) is 291 Å². The highest BCUT2D eigenvalue weighted by molar-refractivity contribution is 7.86. The molecule has 0 saturated heterocycles. The van der Waals surface area contributed by atoms with Crippen LogP contribution >= 0.6 is 28.6 Å². The van der Waals surface area contributed by atoms with E-state index in [4.69, 9.17) is 0 Å². The van der Waals surface area contributed by atoms with Crippen molar-refractivity contribution in [1.82, 2.24) is 0 Å². The number of benzene rings is 12. The Morgan fingerprint density at radius 3 is 0.641 bits per heavy atom. The topological polar surface area (TPSA) is 109 Å². The third-order valence-corrected chi connectivity index (χ3v) is 27.0. The van der Waals surface area contributed by atoms with Crippen molar-refractivity contribution in [2.45, 2.75) is 0 Å². The Bertz CT molecular complexity index is 3920. The zero-order chi connectivity index (χ0) is 53.5. The molecule has 0 heterocycles. The lowest BCUT2D eigenvalue weighted by Crippen LogP contribution is -2.27. The van der Waals surface area contributed by atoms with Crippen molar-refractivity contribution in [2.75, 3.05) is 0 Å². The van der Waals surface area contributed by atoms with Gasteiger partial charge in [-0.1, -0.05) is 267 Å². The Labute approximate surface area is 453 Å². The highest BCUT2D eigenvalue weighted by Gasteiger charge is 2.40. The molecule has 10 heteroatoms. The van der Waals surface area contributed by atoms with E-state index in [1.165, 1.54) is 0 Å². The fourth-order valence-corrected chi connectivity index (χ4v) is 21.9. The summed E-state index contributed by atoms with van der Waals surface area (Å²) in [6, 6.07) is 87.9. The number of hydrogen-bond acceptors (Lipinski definition) is 6. The van der Waals surface area contributed by atoms with E-state index in [0.717, 1.165) is 0 Å². The Kier molecular flexibility index (Phi) is 13.3. The second kappa shape index (κ2) is 20.6. The largest absolute Gasteiger partial charge is 0.506 e. The molecule has 12 aromatic carbocycles. The van der Waals surface area contributed by atoms with Gasteiger partial charge in [-0.25, -0.2) is 0 Å². The predicted molar refractivity (Wildman–Crippen MR) is 328 cm³/mol. The summed E-state index contributed by atoms with van der Waals surface area (Å²) in [5.74, 6) is -0.737. The number of rotatable bonds is 13. The SMILES string of the molecule is O=P(c1ccccc1)(c1ccccc1)c1ccc2c(-c3c(O)c(P(=O)(c4ccccc4)c4ccccc4)cc4cc(P(=O)(c5ccccc5)c5ccccc5)ccc34)c(O)c(P(=O)(c3ccccc3)c3ccccc3)cc2c1. The van der Waals surface area contributed by atoms with E-state index in [-0.39, 0.29) is 33.2 Å². The molecule has 0 atom stereocenters. The number of aromatic hydroxyl groups is 2. The van der Waals surface area contributed by atoms with Crippen LogP contribution in [0.15, 0.2) is 291 Å². The highest BCUT2D eigenvalue weighted by atomic mass is 31.2. The fourth-order valence-electron chi connectivity index (χ4n) is 11.0. The van der Waals surface area contributed by atoms with Crippen molar-refractivity contribution in [3.63, 3.8) is 0 Å². The van der Waals surface area contributed by atoms with Crippen molar-refractivity contribution < 1.29 is 28.5 Å². The maximum absolute atomic E-state index is 16.8. The van der Waals surface area contributed by atoms with Gasteiger partial charge < -0.3 is 28.5 Å². The molecule has 0 radical (unpaired) electrons. The maximum atomic E-state index is 16.8. The third-order valence-electron chi connectivity index (χ3n) is 14.8. The van der Waals surface area contributed by atoms with Gasteiger partial charge in [0.1, 0.15) is 11.5 Å². The lowest BCUT2D eigenvalue weighted by Gasteiger charge is -2.27. The Morgan fingerprint density at radius 1 is 0.218 bits per heavy atom. The summed E-state index contributed by atoms with van der Waals surface area (Å²) >= 11 is 0. The first-order valence-electron chi connectivity index (χ1n) is 25.5. The Hall–Kier alpha value is -8.32. The van der Waals surface area contributed by atoms with E-state index in [9.17, 15) is 10.2 Å². The van der Waals surface area contributed by atoms with Crippen molar-refractivity contribution in [1.29, 1.82) is 0 Å². The molecule has 378 valence electrons. The summed E-state index contributed by atoms with van der Waals surface area (Å²) in [4.78, 5) is 0. The van der Waals surface area contributed by atoms with Crippen LogP contribution in [-0.4, -0.2) is 10.2 Å². The van der Waals surface area contributed by atoms with Crippen molar-refractivity contribution in [2.24, 2.45) is 0 Å². The molecule has 0 aliphatic carbocycles. The van der Waals surface area contributed by atoms with Gasteiger partial charge in [-0.2, -0.15) is 0 Å². The summed E-state index contributed by atoms with van der Waals surface area (Å²) in [6.07, 6.45) is 0. The smallest absolute Gasteiger partial charge is 0.174 e. The van der Waals surface area contributed by atoms with E-state index in [1.807, 2.05) is 206 Å². The van der Waals surface area contributed by atoms with Crippen LogP contribution in [0, 0.1) is 0 Å². The number of phenols is 2. The van der Waals surface area contributed by atoms with Gasteiger partial charge in [-0.15, -0.1) is 0 Å². The molecule has 6 nitrogen and oxygen atoms in total. The van der Waals surface area contributed by atoms with Gasteiger partial charge in [0, 0.05) is 64.2 Å². The molecule has 12 aromatic rings. The lowest BCUT2D eigenvalue weighted by atomic mass is 9.92. The van der Waals surface area contributed by atoms with E-state index >= 15 is 18.3 Å². The minimum absolute atomic E-state index is 0.0790. The summed E-state index contributed by atoms with van der Waals surface area (Å²) in [6.45, 7) is 0. The monoisotopic (exact) mass is 1090 g/mol. The molecule has 12 rings (SSSR count). The van der Waals surface area contributed by atoms with Crippen LogP contribution < -0.4 is 63.7 Å². The molecule has 0 aliphatic rings. The molecule has 78 heavy (non-hydrogen) atoms. The van der Waals surface area contributed by atoms with E-state index in [1.54, 1.807) is 84.9 Å². The zero-order valence-corrected chi connectivity index (χ0v) is 45.6. The van der Waals surface area contributed by atoms with Gasteiger partial charge in [0.2, 0.25) is 0 Å². The average molecular weight is 1090 g/mol. The maximum Gasteiger partial charge on any atom is 0.174 e. The standard InChI is InChI=1S/C68H50O6P4/c69-67-63(77(73,55-33-17-5-18-34-55)56-35-19-6-20-36-56)47-49-45-59(75(71,51-25-9-1-10-26-51)52-27-11-2-12-28-52)41-43-61(49)65(67)66-62-44-42-60(76(72,53-29-13-3-14-30-53)54-31-15-4-16-32-54)46-50(62)48-64(68(66)70)78(74,57-37-21-7-22-38-57)58-39-23-8-24-40-58/h1-48,69-70H. The summed E-state index contributed by atoms with van der Waals surface area (Å²) in [5.41, 5.74) is 0.240. The first-order chi connectivity index (χ1) is 38.0. The normalized spacial score (nSPS) is 12.2. The van der Waals surface area contributed by atoms with Gasteiger partial charge in [0.25, 0.3) is 0 Å². The number of hydrogen-bond donors (Lipinski definition) is 2. The molecule has 0 saturated carbocycles. The van der Waals surface area contributed by atoms with Gasteiger partial charge in [-0.3, -0.25) is 0 Å².